The van der Waals surface area contributed by atoms with E-state index < -0.39 is 12.1 Å². The molecule has 0 aliphatic rings. The monoisotopic (exact) mass is 174 g/mol. The summed E-state index contributed by atoms with van der Waals surface area (Å²) in [5, 5.41) is 0. The standard InChI is InChI=1S/C9H9F3/c1-9(12,8(10)11)7-5-3-2-4-6-7/h2-6,8H,1H3. The Morgan fingerprint density at radius 2 is 1.67 bits per heavy atom. The molecule has 0 amide bonds. The summed E-state index contributed by atoms with van der Waals surface area (Å²) in [5.74, 6) is 0. The average molecular weight is 174 g/mol. The van der Waals surface area contributed by atoms with Gasteiger partial charge >= 0.3 is 0 Å². The normalized spacial score (nSPS) is 16.1. The van der Waals surface area contributed by atoms with Crippen LogP contribution in [0.2, 0.25) is 0 Å². The van der Waals surface area contributed by atoms with Gasteiger partial charge in [0, 0.05) is 0 Å². The van der Waals surface area contributed by atoms with Crippen molar-refractivity contribution in [3.05, 3.63) is 35.9 Å². The molecule has 0 saturated heterocycles. The zero-order valence-corrected chi connectivity index (χ0v) is 6.60. The number of alkyl halides is 3. The predicted molar refractivity (Wildman–Crippen MR) is 40.9 cm³/mol. The van der Waals surface area contributed by atoms with Crippen molar-refractivity contribution in [1.29, 1.82) is 0 Å². The molecule has 1 rings (SSSR count). The fourth-order valence-electron chi connectivity index (χ4n) is 0.890. The summed E-state index contributed by atoms with van der Waals surface area (Å²) < 4.78 is 37.4. The van der Waals surface area contributed by atoms with Crippen molar-refractivity contribution in [3.8, 4) is 0 Å². The van der Waals surface area contributed by atoms with Crippen molar-refractivity contribution in [2.75, 3.05) is 0 Å². The van der Waals surface area contributed by atoms with Gasteiger partial charge in [-0.3, -0.25) is 0 Å². The molecule has 0 saturated carbocycles. The molecule has 66 valence electrons. The van der Waals surface area contributed by atoms with Gasteiger partial charge in [0.2, 0.25) is 0 Å². The third-order valence-electron chi connectivity index (χ3n) is 1.75. The maximum Gasteiger partial charge on any atom is 0.275 e. The smallest absolute Gasteiger partial charge is 0.233 e. The highest BCUT2D eigenvalue weighted by Crippen LogP contribution is 2.31. The van der Waals surface area contributed by atoms with Crippen LogP contribution in [0.15, 0.2) is 30.3 Å². The molecule has 3 heteroatoms. The lowest BCUT2D eigenvalue weighted by Crippen LogP contribution is -2.24. The Morgan fingerprint density at radius 3 is 2.08 bits per heavy atom. The quantitative estimate of drug-likeness (QED) is 0.646. The van der Waals surface area contributed by atoms with Crippen LogP contribution in [0.3, 0.4) is 0 Å². The minimum absolute atomic E-state index is 0.0139. The van der Waals surface area contributed by atoms with E-state index in [2.05, 4.69) is 0 Å². The van der Waals surface area contributed by atoms with Crippen LogP contribution in [-0.2, 0) is 5.67 Å². The van der Waals surface area contributed by atoms with Crippen LogP contribution in [0.4, 0.5) is 13.2 Å². The molecule has 1 unspecified atom stereocenters. The van der Waals surface area contributed by atoms with Gasteiger partial charge in [-0.15, -0.1) is 0 Å². The molecular weight excluding hydrogens is 165 g/mol. The highest BCUT2D eigenvalue weighted by atomic mass is 19.3. The van der Waals surface area contributed by atoms with Gasteiger partial charge in [-0.1, -0.05) is 30.3 Å². The van der Waals surface area contributed by atoms with Crippen LogP contribution >= 0.6 is 0 Å². The highest BCUT2D eigenvalue weighted by molar-refractivity contribution is 5.22. The number of halogens is 3. The summed E-state index contributed by atoms with van der Waals surface area (Å²) in [6.45, 7) is 0.882. The molecule has 0 aromatic heterocycles. The molecule has 0 nitrogen and oxygen atoms in total. The van der Waals surface area contributed by atoms with Gasteiger partial charge in [-0.05, 0) is 12.5 Å². The minimum atomic E-state index is -2.99. The molecule has 0 heterocycles. The third kappa shape index (κ3) is 1.60. The molecule has 0 radical (unpaired) electrons. The molecular formula is C9H9F3. The van der Waals surface area contributed by atoms with E-state index in [4.69, 9.17) is 0 Å². The molecule has 0 N–H and O–H groups in total. The van der Waals surface area contributed by atoms with E-state index in [0.29, 0.717) is 0 Å². The largest absolute Gasteiger partial charge is 0.275 e. The second-order valence-electron chi connectivity index (χ2n) is 2.74. The Labute approximate surface area is 69.0 Å². The molecule has 12 heavy (non-hydrogen) atoms. The molecule has 0 aliphatic heterocycles. The summed E-state index contributed by atoms with van der Waals surface area (Å²) in [5.41, 5.74) is -2.53. The Morgan fingerprint density at radius 1 is 1.17 bits per heavy atom. The third-order valence-corrected chi connectivity index (χ3v) is 1.75. The van der Waals surface area contributed by atoms with Crippen LogP contribution < -0.4 is 0 Å². The molecule has 1 aromatic rings. The molecule has 0 bridgehead atoms. The zero-order chi connectivity index (χ0) is 9.19. The lowest BCUT2D eigenvalue weighted by molar-refractivity contribution is -0.0258. The van der Waals surface area contributed by atoms with Gasteiger partial charge in [0.15, 0.2) is 5.67 Å². The lowest BCUT2D eigenvalue weighted by atomic mass is 9.99. The van der Waals surface area contributed by atoms with Crippen molar-refractivity contribution in [1.82, 2.24) is 0 Å². The van der Waals surface area contributed by atoms with Gasteiger partial charge in [-0.25, -0.2) is 13.2 Å². The number of hydrogen-bond acceptors (Lipinski definition) is 0. The van der Waals surface area contributed by atoms with Crippen LogP contribution in [0.25, 0.3) is 0 Å². The van der Waals surface area contributed by atoms with Crippen LogP contribution in [0.1, 0.15) is 12.5 Å². The predicted octanol–water partition coefficient (Wildman–Crippen LogP) is 3.14. The van der Waals surface area contributed by atoms with Crippen LogP contribution in [0.5, 0.6) is 0 Å². The number of hydrogen-bond donors (Lipinski definition) is 0. The van der Waals surface area contributed by atoms with Crippen molar-refractivity contribution >= 4 is 0 Å². The van der Waals surface area contributed by atoms with E-state index in [-0.39, 0.29) is 5.56 Å². The Hall–Kier alpha value is -0.990. The van der Waals surface area contributed by atoms with Gasteiger partial charge < -0.3 is 0 Å². The molecule has 0 spiro atoms. The van der Waals surface area contributed by atoms with E-state index in [9.17, 15) is 13.2 Å². The summed E-state index contributed by atoms with van der Waals surface area (Å²) >= 11 is 0. The lowest BCUT2D eigenvalue weighted by Gasteiger charge is -2.19. The van der Waals surface area contributed by atoms with Gasteiger partial charge in [0.25, 0.3) is 6.43 Å². The number of rotatable bonds is 2. The highest BCUT2D eigenvalue weighted by Gasteiger charge is 2.36. The van der Waals surface area contributed by atoms with Crippen molar-refractivity contribution in [2.45, 2.75) is 19.0 Å². The van der Waals surface area contributed by atoms with E-state index in [0.717, 1.165) is 6.92 Å². The zero-order valence-electron chi connectivity index (χ0n) is 6.60. The number of benzene rings is 1. The van der Waals surface area contributed by atoms with Gasteiger partial charge in [-0.2, -0.15) is 0 Å². The second-order valence-corrected chi connectivity index (χ2v) is 2.74. The SMILES string of the molecule is CC(F)(c1ccccc1)C(F)F. The van der Waals surface area contributed by atoms with E-state index >= 15 is 0 Å². The maximum absolute atomic E-state index is 13.2. The summed E-state index contributed by atoms with van der Waals surface area (Å²) in [4.78, 5) is 0. The van der Waals surface area contributed by atoms with Gasteiger partial charge in [0.05, 0.1) is 0 Å². The van der Waals surface area contributed by atoms with Crippen molar-refractivity contribution in [2.24, 2.45) is 0 Å². The fourth-order valence-corrected chi connectivity index (χ4v) is 0.890. The first-order valence-corrected chi connectivity index (χ1v) is 3.57. The summed E-state index contributed by atoms with van der Waals surface area (Å²) in [7, 11) is 0. The average Bonchev–Trinajstić information content (AvgIpc) is 2.06. The van der Waals surface area contributed by atoms with Crippen molar-refractivity contribution < 1.29 is 13.2 Å². The first kappa shape index (κ1) is 9.10. The topological polar surface area (TPSA) is 0 Å². The van der Waals surface area contributed by atoms with Crippen molar-refractivity contribution in [3.63, 3.8) is 0 Å². The minimum Gasteiger partial charge on any atom is -0.233 e. The summed E-state index contributed by atoms with van der Waals surface area (Å²) in [6, 6.07) is 7.44. The Bertz CT molecular complexity index is 241. The molecule has 1 aromatic carbocycles. The van der Waals surface area contributed by atoms with E-state index in [1.165, 1.54) is 24.3 Å². The second kappa shape index (κ2) is 3.17. The first-order valence-electron chi connectivity index (χ1n) is 3.57. The van der Waals surface area contributed by atoms with E-state index in [1.54, 1.807) is 6.07 Å². The first-order chi connectivity index (χ1) is 5.55. The Kier molecular flexibility index (Phi) is 2.40. The van der Waals surface area contributed by atoms with E-state index in [1.807, 2.05) is 0 Å². The van der Waals surface area contributed by atoms with Gasteiger partial charge in [0.1, 0.15) is 0 Å². The summed E-state index contributed by atoms with van der Waals surface area (Å²) in [6.07, 6.45) is -2.99. The maximum atomic E-state index is 13.2. The molecule has 0 aliphatic carbocycles. The van der Waals surface area contributed by atoms with Crippen LogP contribution in [-0.4, -0.2) is 6.43 Å². The molecule has 1 atom stereocenters. The fraction of sp³-hybridized carbons (Fsp3) is 0.333. The Balaban J connectivity index is 2.98. The van der Waals surface area contributed by atoms with Crippen LogP contribution in [0, 0.1) is 0 Å². The molecule has 0 fully saturated rings.